The predicted octanol–water partition coefficient (Wildman–Crippen LogP) is 5.40. The molecule has 0 atom stereocenters. The first-order valence-corrected chi connectivity index (χ1v) is 12.9. The number of benzene rings is 2. The minimum atomic E-state index is -0.249. The van der Waals surface area contributed by atoms with Gasteiger partial charge in [0, 0.05) is 52.5 Å². The number of hydrogen-bond donors (Lipinski definition) is 4. The molecule has 39 heavy (non-hydrogen) atoms. The number of aryl methyl sites for hydroxylation is 1. The van der Waals surface area contributed by atoms with Gasteiger partial charge in [0.05, 0.1) is 14.2 Å². The summed E-state index contributed by atoms with van der Waals surface area (Å²) < 4.78 is 10.3. The first-order valence-electron chi connectivity index (χ1n) is 12.9. The van der Waals surface area contributed by atoms with Crippen LogP contribution in [-0.2, 0) is 0 Å². The Kier molecular flexibility index (Phi) is 7.62. The van der Waals surface area contributed by atoms with E-state index in [0.717, 1.165) is 17.0 Å². The highest BCUT2D eigenvalue weighted by atomic mass is 16.5. The molecule has 2 aliphatic carbocycles. The second kappa shape index (κ2) is 11.4. The molecule has 6 rings (SSSR count). The van der Waals surface area contributed by atoms with E-state index in [-0.39, 0.29) is 11.8 Å². The number of carbonyl (C=O) groups excluding carboxylic acids is 2. The maximum atomic E-state index is 12.3. The van der Waals surface area contributed by atoms with Gasteiger partial charge in [0.25, 0.3) is 11.8 Å². The molecule has 2 aromatic carbocycles. The molecule has 2 aliphatic rings. The number of ether oxygens (including phenoxy) is 2. The smallest absolute Gasteiger partial charge is 0.257 e. The van der Waals surface area contributed by atoms with Crippen LogP contribution in [0.4, 0.5) is 11.6 Å². The van der Waals surface area contributed by atoms with E-state index in [1.807, 2.05) is 37.3 Å². The number of anilines is 2. The van der Waals surface area contributed by atoms with Crippen molar-refractivity contribution in [1.82, 2.24) is 20.4 Å². The van der Waals surface area contributed by atoms with Crippen molar-refractivity contribution in [2.45, 2.75) is 44.4 Å². The molecule has 2 aromatic heterocycles. The molecule has 10 heteroatoms. The van der Waals surface area contributed by atoms with Crippen LogP contribution in [0, 0.1) is 6.92 Å². The average Bonchev–Trinajstić information content (AvgIpc) is 3.89. The lowest BCUT2D eigenvalue weighted by molar-refractivity contribution is 0.101. The number of aromatic nitrogens is 4. The number of hydrogen-bond acceptors (Lipinski definition) is 6. The van der Waals surface area contributed by atoms with E-state index < -0.39 is 0 Å². The van der Waals surface area contributed by atoms with Gasteiger partial charge < -0.3 is 20.1 Å². The highest BCUT2D eigenvalue weighted by Gasteiger charge is 2.26. The Morgan fingerprint density at radius 2 is 1.26 bits per heavy atom. The summed E-state index contributed by atoms with van der Waals surface area (Å²) in [5.41, 5.74) is 4.39. The molecule has 0 saturated heterocycles. The molecule has 0 radical (unpaired) electrons. The lowest BCUT2D eigenvalue weighted by Crippen LogP contribution is -2.12. The lowest BCUT2D eigenvalue weighted by atomic mass is 10.1. The first-order chi connectivity index (χ1) is 18.9. The molecule has 4 aromatic rings. The third-order valence-electron chi connectivity index (χ3n) is 6.61. The Hall–Kier alpha value is -4.60. The Morgan fingerprint density at radius 1 is 0.744 bits per heavy atom. The van der Waals surface area contributed by atoms with Gasteiger partial charge >= 0.3 is 0 Å². The van der Waals surface area contributed by atoms with Crippen molar-refractivity contribution < 1.29 is 19.1 Å². The third-order valence-corrected chi connectivity index (χ3v) is 6.61. The largest absolute Gasteiger partial charge is 0.497 e. The highest BCUT2D eigenvalue weighted by Crippen LogP contribution is 2.40. The molecule has 4 N–H and O–H groups in total. The Balaban J connectivity index is 0.000000160. The average molecular weight is 529 g/mol. The standard InChI is InChI=1S/C15H17N3O3.C14H15N3O/c1-20-11-5-10(6-12(7-11)21-2)15(19)16-14-8-13(17-18-14)9-3-4-9;1-9-3-2-4-11(7-9)14(18)15-13-8-12(16-17-13)10-5-6-10/h5-9H,3-4H2,1-2H3,(H2,16,17,18,19);2-4,7-8,10H,5-6H2,1H3,(H2,15,16,17,18). The van der Waals surface area contributed by atoms with Crippen molar-refractivity contribution >= 4 is 23.5 Å². The molecule has 202 valence electrons. The van der Waals surface area contributed by atoms with Crippen molar-refractivity contribution in [2.24, 2.45) is 0 Å². The van der Waals surface area contributed by atoms with Gasteiger partial charge in [0.2, 0.25) is 0 Å². The molecule has 0 aliphatic heterocycles. The summed E-state index contributed by atoms with van der Waals surface area (Å²) in [4.78, 5) is 24.3. The molecule has 0 spiro atoms. The number of methoxy groups -OCH3 is 2. The second-order valence-corrected chi connectivity index (χ2v) is 9.84. The molecule has 2 amide bonds. The summed E-state index contributed by atoms with van der Waals surface area (Å²) in [6, 6.07) is 16.4. The van der Waals surface area contributed by atoms with Crippen LogP contribution in [0.1, 0.15) is 75.2 Å². The number of H-pyrrole nitrogens is 2. The number of nitrogens with one attached hydrogen (secondary N) is 4. The van der Waals surface area contributed by atoms with E-state index in [2.05, 4.69) is 31.0 Å². The van der Waals surface area contributed by atoms with Gasteiger partial charge in [-0.25, -0.2) is 0 Å². The zero-order chi connectivity index (χ0) is 27.4. The number of nitrogens with zero attached hydrogens (tertiary/aromatic N) is 2. The fourth-order valence-corrected chi connectivity index (χ4v) is 4.11. The van der Waals surface area contributed by atoms with Crippen molar-refractivity contribution in [3.63, 3.8) is 0 Å². The maximum Gasteiger partial charge on any atom is 0.257 e. The maximum absolute atomic E-state index is 12.3. The van der Waals surface area contributed by atoms with Crippen LogP contribution in [0.25, 0.3) is 0 Å². The molecule has 2 fully saturated rings. The number of aromatic amines is 2. The Morgan fingerprint density at radius 3 is 1.72 bits per heavy atom. The summed E-state index contributed by atoms with van der Waals surface area (Å²) in [7, 11) is 3.10. The predicted molar refractivity (Wildman–Crippen MR) is 148 cm³/mol. The van der Waals surface area contributed by atoms with Crippen LogP contribution in [0.5, 0.6) is 11.5 Å². The summed E-state index contributed by atoms with van der Waals surface area (Å²) in [5.74, 6) is 3.09. The molecule has 0 bridgehead atoms. The van der Waals surface area contributed by atoms with Crippen molar-refractivity contribution in [2.75, 3.05) is 24.9 Å². The summed E-state index contributed by atoms with van der Waals surface area (Å²) in [6.07, 6.45) is 4.80. The van der Waals surface area contributed by atoms with Crippen molar-refractivity contribution in [3.05, 3.63) is 82.7 Å². The SMILES string of the molecule is COc1cc(OC)cc(C(=O)Nc2cc(C3CC3)[nH]n2)c1.Cc1cccc(C(=O)Nc2cc(C3CC3)[nH]n2)c1. The molecule has 0 unspecified atom stereocenters. The summed E-state index contributed by atoms with van der Waals surface area (Å²) in [5, 5.41) is 19.7. The van der Waals surface area contributed by atoms with Gasteiger partial charge in [-0.1, -0.05) is 17.7 Å². The van der Waals surface area contributed by atoms with Gasteiger partial charge in [-0.2, -0.15) is 10.2 Å². The van der Waals surface area contributed by atoms with Gasteiger partial charge in [0.1, 0.15) is 11.5 Å². The topological polar surface area (TPSA) is 134 Å². The Labute approximate surface area is 226 Å². The van der Waals surface area contributed by atoms with Gasteiger partial charge in [-0.3, -0.25) is 19.8 Å². The Bertz CT molecular complexity index is 1450. The van der Waals surface area contributed by atoms with Crippen LogP contribution < -0.4 is 20.1 Å². The fourth-order valence-electron chi connectivity index (χ4n) is 4.11. The van der Waals surface area contributed by atoms with Crippen LogP contribution in [0.3, 0.4) is 0 Å². The zero-order valence-electron chi connectivity index (χ0n) is 22.2. The van der Waals surface area contributed by atoms with Crippen LogP contribution in [0.15, 0.2) is 54.6 Å². The zero-order valence-corrected chi connectivity index (χ0v) is 22.2. The van der Waals surface area contributed by atoms with E-state index in [4.69, 9.17) is 9.47 Å². The molecular weight excluding hydrogens is 496 g/mol. The number of rotatable bonds is 8. The fraction of sp³-hybridized carbons (Fsp3) is 0.310. The lowest BCUT2D eigenvalue weighted by Gasteiger charge is -2.08. The quantitative estimate of drug-likeness (QED) is 0.242. The van der Waals surface area contributed by atoms with Crippen LogP contribution >= 0.6 is 0 Å². The van der Waals surface area contributed by atoms with E-state index in [9.17, 15) is 9.59 Å². The monoisotopic (exact) mass is 528 g/mol. The van der Waals surface area contributed by atoms with Crippen molar-refractivity contribution in [1.29, 1.82) is 0 Å². The minimum Gasteiger partial charge on any atom is -0.497 e. The second-order valence-electron chi connectivity index (χ2n) is 9.84. The van der Waals surface area contributed by atoms with E-state index in [1.165, 1.54) is 25.7 Å². The van der Waals surface area contributed by atoms with Gasteiger partial charge in [0.15, 0.2) is 11.6 Å². The first kappa shape index (κ1) is 26.0. The normalized spacial score (nSPS) is 14.1. The van der Waals surface area contributed by atoms with Gasteiger partial charge in [-0.05, 0) is 56.9 Å². The van der Waals surface area contributed by atoms with E-state index in [1.54, 1.807) is 38.5 Å². The van der Waals surface area contributed by atoms with Crippen molar-refractivity contribution in [3.8, 4) is 11.5 Å². The van der Waals surface area contributed by atoms with Gasteiger partial charge in [-0.15, -0.1) is 0 Å². The summed E-state index contributed by atoms with van der Waals surface area (Å²) in [6.45, 7) is 1.97. The number of carbonyl (C=O) groups is 2. The molecular formula is C29H32N6O4. The molecule has 2 heterocycles. The minimum absolute atomic E-state index is 0.118. The highest BCUT2D eigenvalue weighted by molar-refractivity contribution is 6.04. The molecule has 10 nitrogen and oxygen atoms in total. The van der Waals surface area contributed by atoms with Crippen LogP contribution in [-0.4, -0.2) is 46.4 Å². The third kappa shape index (κ3) is 6.84. The molecule has 2 saturated carbocycles. The van der Waals surface area contributed by atoms with Crippen LogP contribution in [0.2, 0.25) is 0 Å². The summed E-state index contributed by atoms with van der Waals surface area (Å²) >= 11 is 0. The van der Waals surface area contributed by atoms with E-state index in [0.29, 0.717) is 46.1 Å². The number of amides is 2. The van der Waals surface area contributed by atoms with E-state index >= 15 is 0 Å².